The van der Waals surface area contributed by atoms with Crippen LogP contribution in [0.15, 0.2) is 54.6 Å². The maximum atomic E-state index is 5.96. The van der Waals surface area contributed by atoms with Crippen molar-refractivity contribution in [3.05, 3.63) is 54.6 Å². The summed E-state index contributed by atoms with van der Waals surface area (Å²) in [5.41, 5.74) is 1.72. The average Bonchev–Trinajstić information content (AvgIpc) is 2.72. The van der Waals surface area contributed by atoms with E-state index in [1.165, 1.54) is 0 Å². The fraction of sp³-hybridized carbons (Fsp3) is 0.300. The third-order valence-electron chi connectivity index (χ3n) is 4.27. The lowest BCUT2D eigenvalue weighted by atomic mass is 10.3. The minimum atomic E-state index is 0. The van der Waals surface area contributed by atoms with Crippen molar-refractivity contribution < 1.29 is 9.47 Å². The molecule has 7 heteroatoms. The predicted molar refractivity (Wildman–Crippen MR) is 109 cm³/mol. The molecule has 0 saturated carbocycles. The highest BCUT2D eigenvalue weighted by atomic mass is 35.5. The molecule has 3 aromatic rings. The van der Waals surface area contributed by atoms with Crippen LogP contribution < -0.4 is 19.7 Å². The van der Waals surface area contributed by atoms with E-state index in [-0.39, 0.29) is 12.4 Å². The van der Waals surface area contributed by atoms with Gasteiger partial charge in [0.1, 0.15) is 19.0 Å². The summed E-state index contributed by atoms with van der Waals surface area (Å²) in [6.45, 7) is 4.53. The Kier molecular flexibility index (Phi) is 6.68. The van der Waals surface area contributed by atoms with Gasteiger partial charge < -0.3 is 19.7 Å². The molecule has 142 valence electrons. The molecule has 1 N–H and O–H groups in total. The number of halogens is 1. The average molecular weight is 387 g/mol. The second-order valence-corrected chi connectivity index (χ2v) is 6.09. The molecule has 1 aliphatic rings. The fourth-order valence-corrected chi connectivity index (χ4v) is 2.97. The molecule has 6 nitrogen and oxygen atoms in total. The number of ether oxygens (including phenoxy) is 2. The number of nitrogens with zero attached hydrogens (tertiary/aromatic N) is 3. The van der Waals surface area contributed by atoms with Gasteiger partial charge in [0.05, 0.1) is 11.0 Å². The second-order valence-electron chi connectivity index (χ2n) is 6.09. The minimum Gasteiger partial charge on any atom is -0.490 e. The van der Waals surface area contributed by atoms with Crippen molar-refractivity contribution in [3.63, 3.8) is 0 Å². The van der Waals surface area contributed by atoms with E-state index in [0.29, 0.717) is 19.1 Å². The van der Waals surface area contributed by atoms with Crippen molar-refractivity contribution in [1.29, 1.82) is 0 Å². The Balaban J connectivity index is 0.00000210. The van der Waals surface area contributed by atoms with Gasteiger partial charge in [0.25, 0.3) is 5.88 Å². The number of nitrogens with one attached hydrogen (secondary N) is 1. The van der Waals surface area contributed by atoms with Crippen LogP contribution in [0, 0.1) is 0 Å². The van der Waals surface area contributed by atoms with Gasteiger partial charge in [0.15, 0.2) is 5.82 Å². The maximum Gasteiger partial charge on any atom is 0.258 e. The van der Waals surface area contributed by atoms with Gasteiger partial charge in [-0.15, -0.1) is 12.4 Å². The summed E-state index contributed by atoms with van der Waals surface area (Å²) in [6, 6.07) is 17.6. The Morgan fingerprint density at radius 2 is 1.44 bits per heavy atom. The molecular weight excluding hydrogens is 364 g/mol. The summed E-state index contributed by atoms with van der Waals surface area (Å²) < 4.78 is 11.7. The number of para-hydroxylation sites is 3. The molecule has 0 aliphatic carbocycles. The zero-order valence-electron chi connectivity index (χ0n) is 15.0. The molecule has 4 rings (SSSR count). The largest absolute Gasteiger partial charge is 0.490 e. The van der Waals surface area contributed by atoms with Crippen LogP contribution in [0.5, 0.6) is 11.6 Å². The van der Waals surface area contributed by atoms with Crippen molar-refractivity contribution >= 4 is 29.3 Å². The molecule has 27 heavy (non-hydrogen) atoms. The van der Waals surface area contributed by atoms with Crippen LogP contribution in [0.25, 0.3) is 11.0 Å². The lowest BCUT2D eigenvalue weighted by molar-refractivity contribution is 0.212. The van der Waals surface area contributed by atoms with Gasteiger partial charge in [-0.2, -0.15) is 0 Å². The van der Waals surface area contributed by atoms with E-state index in [0.717, 1.165) is 48.8 Å². The van der Waals surface area contributed by atoms with E-state index in [2.05, 4.69) is 10.2 Å². The number of aromatic nitrogens is 2. The van der Waals surface area contributed by atoms with Crippen LogP contribution in [-0.4, -0.2) is 49.4 Å². The van der Waals surface area contributed by atoms with Crippen molar-refractivity contribution in [2.45, 2.75) is 0 Å². The van der Waals surface area contributed by atoms with Crippen LogP contribution in [0.1, 0.15) is 0 Å². The molecule has 0 radical (unpaired) electrons. The zero-order valence-corrected chi connectivity index (χ0v) is 15.8. The van der Waals surface area contributed by atoms with Gasteiger partial charge in [-0.25, -0.2) is 9.97 Å². The topological polar surface area (TPSA) is 59.5 Å². The van der Waals surface area contributed by atoms with Crippen LogP contribution in [0.2, 0.25) is 0 Å². The zero-order chi connectivity index (χ0) is 17.6. The Labute approximate surface area is 164 Å². The van der Waals surface area contributed by atoms with Crippen molar-refractivity contribution in [1.82, 2.24) is 15.3 Å². The normalized spacial score (nSPS) is 13.9. The molecule has 0 bridgehead atoms. The van der Waals surface area contributed by atoms with Crippen LogP contribution in [0.3, 0.4) is 0 Å². The number of benzene rings is 2. The lowest BCUT2D eigenvalue weighted by Crippen LogP contribution is -2.44. The minimum absolute atomic E-state index is 0. The number of rotatable bonds is 6. The number of fused-ring (bicyclic) bond motifs is 1. The van der Waals surface area contributed by atoms with Gasteiger partial charge >= 0.3 is 0 Å². The number of hydrogen-bond donors (Lipinski definition) is 1. The van der Waals surface area contributed by atoms with Crippen molar-refractivity contribution in [2.75, 3.05) is 44.3 Å². The van der Waals surface area contributed by atoms with Crippen molar-refractivity contribution in [2.24, 2.45) is 0 Å². The summed E-state index contributed by atoms with van der Waals surface area (Å²) in [5, 5.41) is 3.36. The van der Waals surface area contributed by atoms with E-state index < -0.39 is 0 Å². The first-order chi connectivity index (χ1) is 12.9. The smallest absolute Gasteiger partial charge is 0.258 e. The third-order valence-corrected chi connectivity index (χ3v) is 4.27. The van der Waals surface area contributed by atoms with Gasteiger partial charge in [-0.05, 0) is 24.3 Å². The predicted octanol–water partition coefficient (Wildman–Crippen LogP) is 2.92. The second kappa shape index (κ2) is 9.39. The van der Waals surface area contributed by atoms with Gasteiger partial charge in [0.2, 0.25) is 0 Å². The number of hydrogen-bond acceptors (Lipinski definition) is 6. The quantitative estimate of drug-likeness (QED) is 0.657. The Morgan fingerprint density at radius 3 is 2.19 bits per heavy atom. The van der Waals surface area contributed by atoms with E-state index >= 15 is 0 Å². The molecular formula is C20H23ClN4O2. The standard InChI is InChI=1S/C20H22N4O2.ClH/c1-2-6-16(7-3-1)25-14-15-26-20-19(24-12-10-21-11-13-24)22-17-8-4-5-9-18(17)23-20;/h1-9,21H,10-15H2;1H. The summed E-state index contributed by atoms with van der Waals surface area (Å²) >= 11 is 0. The van der Waals surface area contributed by atoms with E-state index in [9.17, 15) is 0 Å². The molecule has 1 fully saturated rings. The van der Waals surface area contributed by atoms with E-state index in [1.54, 1.807) is 0 Å². The monoisotopic (exact) mass is 386 g/mol. The lowest BCUT2D eigenvalue weighted by Gasteiger charge is -2.29. The Morgan fingerprint density at radius 1 is 0.815 bits per heavy atom. The number of piperazine rings is 1. The van der Waals surface area contributed by atoms with E-state index in [4.69, 9.17) is 19.4 Å². The molecule has 0 unspecified atom stereocenters. The van der Waals surface area contributed by atoms with Crippen LogP contribution in [0.4, 0.5) is 5.82 Å². The summed E-state index contributed by atoms with van der Waals surface area (Å²) in [5.74, 6) is 2.22. The Bertz CT molecular complexity index is 857. The highest BCUT2D eigenvalue weighted by Crippen LogP contribution is 2.27. The highest BCUT2D eigenvalue weighted by Gasteiger charge is 2.19. The summed E-state index contributed by atoms with van der Waals surface area (Å²) in [4.78, 5) is 11.7. The first-order valence-corrected chi connectivity index (χ1v) is 8.93. The fourth-order valence-electron chi connectivity index (χ4n) is 2.97. The maximum absolute atomic E-state index is 5.96. The van der Waals surface area contributed by atoms with Gasteiger partial charge in [-0.3, -0.25) is 0 Å². The van der Waals surface area contributed by atoms with Crippen LogP contribution in [-0.2, 0) is 0 Å². The summed E-state index contributed by atoms with van der Waals surface area (Å²) in [6.07, 6.45) is 0. The van der Waals surface area contributed by atoms with E-state index in [1.807, 2.05) is 54.6 Å². The first kappa shape index (κ1) is 19.2. The SMILES string of the molecule is Cl.c1ccc(OCCOc2nc3ccccc3nc2N2CCNCC2)cc1. The van der Waals surface area contributed by atoms with Gasteiger partial charge in [0, 0.05) is 26.2 Å². The Hall–Kier alpha value is -2.57. The third kappa shape index (κ3) is 4.78. The molecule has 1 saturated heterocycles. The molecule has 2 heterocycles. The van der Waals surface area contributed by atoms with Crippen LogP contribution >= 0.6 is 12.4 Å². The molecule has 0 atom stereocenters. The highest BCUT2D eigenvalue weighted by molar-refractivity contribution is 5.85. The summed E-state index contributed by atoms with van der Waals surface area (Å²) in [7, 11) is 0. The number of anilines is 1. The molecule has 1 aliphatic heterocycles. The molecule has 0 amide bonds. The van der Waals surface area contributed by atoms with Gasteiger partial charge in [-0.1, -0.05) is 30.3 Å². The van der Waals surface area contributed by atoms with Crippen molar-refractivity contribution in [3.8, 4) is 11.6 Å². The molecule has 2 aromatic carbocycles. The molecule has 1 aromatic heterocycles. The molecule has 0 spiro atoms. The first-order valence-electron chi connectivity index (χ1n) is 8.93.